The van der Waals surface area contributed by atoms with Crippen LogP contribution in [0.15, 0.2) is 29.2 Å². The number of carbonyl (C=O) groups excluding carboxylic acids is 1. The highest BCUT2D eigenvalue weighted by molar-refractivity contribution is 7.90. The second-order valence-corrected chi connectivity index (χ2v) is 6.80. The van der Waals surface area contributed by atoms with Gasteiger partial charge in [0.1, 0.15) is 11.6 Å². The van der Waals surface area contributed by atoms with Crippen LogP contribution in [0.5, 0.6) is 0 Å². The predicted octanol–water partition coefficient (Wildman–Crippen LogP) is 1.41. The highest BCUT2D eigenvalue weighted by atomic mass is 32.2. The van der Waals surface area contributed by atoms with E-state index in [1.807, 2.05) is 6.07 Å². The van der Waals surface area contributed by atoms with E-state index >= 15 is 0 Å². The number of rotatable bonds is 3. The van der Waals surface area contributed by atoms with E-state index in [4.69, 9.17) is 0 Å². The lowest BCUT2D eigenvalue weighted by Crippen LogP contribution is -2.12. The molecule has 0 saturated carbocycles. The van der Waals surface area contributed by atoms with Gasteiger partial charge in [0, 0.05) is 13.2 Å². The minimum absolute atomic E-state index is 0.182. The van der Waals surface area contributed by atoms with Gasteiger partial charge in [-0.05, 0) is 31.2 Å². The van der Waals surface area contributed by atoms with Crippen LogP contribution in [-0.2, 0) is 14.6 Å². The van der Waals surface area contributed by atoms with Crippen LogP contribution in [0.4, 0.5) is 5.82 Å². The molecule has 0 fully saturated rings. The average molecular weight is 318 g/mol. The molecule has 22 heavy (non-hydrogen) atoms. The van der Waals surface area contributed by atoms with E-state index in [0.29, 0.717) is 11.4 Å². The Hall–Kier alpha value is -2.66. The van der Waals surface area contributed by atoms with Gasteiger partial charge >= 0.3 is 0 Å². The summed E-state index contributed by atoms with van der Waals surface area (Å²) in [7, 11) is -3.29. The molecule has 0 unspecified atom stereocenters. The van der Waals surface area contributed by atoms with Crippen molar-refractivity contribution in [1.29, 1.82) is 5.26 Å². The number of benzene rings is 1. The molecule has 0 aliphatic rings. The maximum absolute atomic E-state index is 11.5. The van der Waals surface area contributed by atoms with Crippen LogP contribution >= 0.6 is 0 Å². The zero-order valence-electron chi connectivity index (χ0n) is 12.3. The summed E-state index contributed by atoms with van der Waals surface area (Å²) >= 11 is 0. The van der Waals surface area contributed by atoms with Gasteiger partial charge in [-0.2, -0.15) is 10.4 Å². The molecule has 1 aromatic carbocycles. The molecule has 7 nitrogen and oxygen atoms in total. The molecule has 0 atom stereocenters. The topological polar surface area (TPSA) is 105 Å². The number of aromatic nitrogens is 2. The molecule has 1 aromatic heterocycles. The second kappa shape index (κ2) is 5.61. The summed E-state index contributed by atoms with van der Waals surface area (Å²) < 4.78 is 24.4. The molecule has 1 amide bonds. The fourth-order valence-corrected chi connectivity index (χ4v) is 2.60. The fraction of sp³-hybridized carbons (Fsp3) is 0.214. The summed E-state index contributed by atoms with van der Waals surface area (Å²) in [4.78, 5) is 11.5. The second-order valence-electron chi connectivity index (χ2n) is 4.78. The molecule has 0 aliphatic heterocycles. The van der Waals surface area contributed by atoms with Crippen molar-refractivity contribution in [1.82, 2.24) is 9.78 Å². The molecule has 8 heteroatoms. The van der Waals surface area contributed by atoms with Crippen LogP contribution < -0.4 is 5.32 Å². The van der Waals surface area contributed by atoms with Crippen molar-refractivity contribution in [2.75, 3.05) is 11.6 Å². The van der Waals surface area contributed by atoms with Gasteiger partial charge in [-0.25, -0.2) is 13.1 Å². The Kier molecular flexibility index (Phi) is 4.01. The molecule has 2 aromatic rings. The van der Waals surface area contributed by atoms with E-state index in [1.165, 1.54) is 23.7 Å². The van der Waals surface area contributed by atoms with E-state index in [2.05, 4.69) is 10.4 Å². The smallest absolute Gasteiger partial charge is 0.222 e. The molecular weight excluding hydrogens is 304 g/mol. The molecule has 0 radical (unpaired) electrons. The number of aryl methyl sites for hydroxylation is 1. The number of nitrogens with zero attached hydrogens (tertiary/aromatic N) is 3. The van der Waals surface area contributed by atoms with Gasteiger partial charge in [-0.3, -0.25) is 4.79 Å². The summed E-state index contributed by atoms with van der Waals surface area (Å²) in [5.41, 5.74) is 1.28. The average Bonchev–Trinajstić information content (AvgIpc) is 2.73. The lowest BCUT2D eigenvalue weighted by Gasteiger charge is -2.08. The quantitative estimate of drug-likeness (QED) is 0.921. The first-order valence-corrected chi connectivity index (χ1v) is 8.21. The Morgan fingerprint density at radius 3 is 2.36 bits per heavy atom. The van der Waals surface area contributed by atoms with Crippen molar-refractivity contribution in [3.63, 3.8) is 0 Å². The standard InChI is InChI=1S/C14H14N4O3S/c1-9-13(8-15)14(16-10(2)19)18(17-9)11-4-6-12(7-5-11)22(3,20)21/h4-7H,1-3H3,(H,16,19). The van der Waals surface area contributed by atoms with Crippen molar-refractivity contribution in [3.8, 4) is 11.8 Å². The minimum Gasteiger partial charge on any atom is -0.310 e. The van der Waals surface area contributed by atoms with Gasteiger partial charge in [-0.15, -0.1) is 0 Å². The summed E-state index contributed by atoms with van der Waals surface area (Å²) in [6.45, 7) is 2.99. The summed E-state index contributed by atoms with van der Waals surface area (Å²) in [6.07, 6.45) is 1.12. The third-order valence-electron chi connectivity index (χ3n) is 2.98. The molecular formula is C14H14N4O3S. The first-order valence-electron chi connectivity index (χ1n) is 6.32. The van der Waals surface area contributed by atoms with Gasteiger partial charge in [0.15, 0.2) is 15.7 Å². The molecule has 0 bridgehead atoms. The van der Waals surface area contributed by atoms with Gasteiger partial charge in [0.05, 0.1) is 16.3 Å². The zero-order chi connectivity index (χ0) is 16.5. The summed E-state index contributed by atoms with van der Waals surface area (Å²) in [6, 6.07) is 8.03. The van der Waals surface area contributed by atoms with Crippen molar-refractivity contribution < 1.29 is 13.2 Å². The molecule has 0 saturated heterocycles. The van der Waals surface area contributed by atoms with Crippen molar-refractivity contribution >= 4 is 21.6 Å². The first-order chi connectivity index (χ1) is 10.2. The number of hydrogen-bond donors (Lipinski definition) is 1. The van der Waals surface area contributed by atoms with Crippen LogP contribution in [0.25, 0.3) is 5.69 Å². The van der Waals surface area contributed by atoms with E-state index in [1.54, 1.807) is 19.1 Å². The Bertz CT molecular complexity index is 874. The highest BCUT2D eigenvalue weighted by Gasteiger charge is 2.17. The minimum atomic E-state index is -3.29. The lowest BCUT2D eigenvalue weighted by atomic mass is 10.2. The Morgan fingerprint density at radius 1 is 1.32 bits per heavy atom. The number of carbonyl (C=O) groups is 1. The van der Waals surface area contributed by atoms with Crippen LogP contribution in [0, 0.1) is 18.3 Å². The summed E-state index contributed by atoms with van der Waals surface area (Å²) in [5.74, 6) is -0.0648. The van der Waals surface area contributed by atoms with Gasteiger partial charge in [-0.1, -0.05) is 0 Å². The van der Waals surface area contributed by atoms with Gasteiger partial charge < -0.3 is 5.32 Å². The summed E-state index contributed by atoms with van der Waals surface area (Å²) in [5, 5.41) is 16.0. The van der Waals surface area contributed by atoms with Gasteiger partial charge in [0.2, 0.25) is 5.91 Å². The van der Waals surface area contributed by atoms with E-state index < -0.39 is 9.84 Å². The maximum atomic E-state index is 11.5. The number of sulfone groups is 1. The number of nitrogens with one attached hydrogen (secondary N) is 1. The maximum Gasteiger partial charge on any atom is 0.222 e. The molecule has 114 valence electrons. The Labute approximate surface area is 128 Å². The SMILES string of the molecule is CC(=O)Nc1c(C#N)c(C)nn1-c1ccc(S(C)(=O)=O)cc1. The van der Waals surface area contributed by atoms with E-state index in [9.17, 15) is 18.5 Å². The molecule has 0 aliphatic carbocycles. The van der Waals surface area contributed by atoms with Crippen molar-refractivity contribution in [3.05, 3.63) is 35.5 Å². The van der Waals surface area contributed by atoms with Crippen LogP contribution in [0.3, 0.4) is 0 Å². The number of amides is 1. The molecule has 1 N–H and O–H groups in total. The van der Waals surface area contributed by atoms with E-state index in [-0.39, 0.29) is 22.2 Å². The fourth-order valence-electron chi connectivity index (χ4n) is 1.96. The first kappa shape index (κ1) is 15.7. The largest absolute Gasteiger partial charge is 0.310 e. The van der Waals surface area contributed by atoms with Crippen LogP contribution in [0.1, 0.15) is 18.2 Å². The number of nitriles is 1. The van der Waals surface area contributed by atoms with Crippen molar-refractivity contribution in [2.45, 2.75) is 18.7 Å². The third kappa shape index (κ3) is 2.99. The third-order valence-corrected chi connectivity index (χ3v) is 4.10. The normalized spacial score (nSPS) is 11.0. The molecule has 1 heterocycles. The Balaban J connectivity index is 2.58. The predicted molar refractivity (Wildman–Crippen MR) is 80.4 cm³/mol. The highest BCUT2D eigenvalue weighted by Crippen LogP contribution is 2.23. The lowest BCUT2D eigenvalue weighted by molar-refractivity contribution is -0.114. The number of hydrogen-bond acceptors (Lipinski definition) is 5. The molecule has 0 spiro atoms. The van der Waals surface area contributed by atoms with Crippen molar-refractivity contribution in [2.24, 2.45) is 0 Å². The van der Waals surface area contributed by atoms with Crippen LogP contribution in [-0.4, -0.2) is 30.4 Å². The Morgan fingerprint density at radius 2 is 1.91 bits per heavy atom. The zero-order valence-corrected chi connectivity index (χ0v) is 13.1. The van der Waals surface area contributed by atoms with E-state index in [0.717, 1.165) is 6.26 Å². The monoisotopic (exact) mass is 318 g/mol. The van der Waals surface area contributed by atoms with Gasteiger partial charge in [0.25, 0.3) is 0 Å². The molecule has 2 rings (SSSR count). The van der Waals surface area contributed by atoms with Crippen LogP contribution in [0.2, 0.25) is 0 Å². The number of anilines is 1.